The molecule has 1 fully saturated rings. The maximum absolute atomic E-state index is 13.3. The highest BCUT2D eigenvalue weighted by Crippen LogP contribution is 2.34. The van der Waals surface area contributed by atoms with E-state index in [1.165, 1.54) is 29.2 Å². The molecule has 3 rings (SSSR count). The van der Waals surface area contributed by atoms with Crippen molar-refractivity contribution in [2.24, 2.45) is 0 Å². The van der Waals surface area contributed by atoms with Crippen LogP contribution in [-0.4, -0.2) is 20.5 Å². The maximum Gasteiger partial charge on any atom is 0.354 e. The Labute approximate surface area is 109 Å². The van der Waals surface area contributed by atoms with Crippen LogP contribution in [0.1, 0.15) is 54.2 Å². The van der Waals surface area contributed by atoms with Gasteiger partial charge in [0.15, 0.2) is 5.69 Å². The average Bonchev–Trinajstić information content (AvgIpc) is 2.78. The Morgan fingerprint density at radius 3 is 2.74 bits per heavy atom. The second kappa shape index (κ2) is 4.64. The minimum Gasteiger partial charge on any atom is -0.477 e. The molecular weight excluding hydrogens is 247 g/mol. The van der Waals surface area contributed by atoms with Crippen LogP contribution in [0.2, 0.25) is 0 Å². The lowest BCUT2D eigenvalue weighted by Gasteiger charge is -2.20. The van der Waals surface area contributed by atoms with E-state index in [0.717, 1.165) is 25.7 Å². The van der Waals surface area contributed by atoms with Crippen molar-refractivity contribution >= 4 is 11.6 Å². The highest BCUT2D eigenvalue weighted by Gasteiger charge is 2.26. The number of carboxylic acid groups (broad SMARTS) is 1. The number of halogens is 1. The summed E-state index contributed by atoms with van der Waals surface area (Å²) in [4.78, 5) is 15.9. The van der Waals surface area contributed by atoms with E-state index in [0.29, 0.717) is 11.3 Å². The summed E-state index contributed by atoms with van der Waals surface area (Å²) in [6, 6.07) is 2.83. The number of carbonyl (C=O) groups is 1. The van der Waals surface area contributed by atoms with Gasteiger partial charge >= 0.3 is 5.97 Å². The van der Waals surface area contributed by atoms with Gasteiger partial charge in [-0.1, -0.05) is 19.3 Å². The summed E-state index contributed by atoms with van der Waals surface area (Å²) in [5, 5.41) is 9.39. The summed E-state index contributed by atoms with van der Waals surface area (Å²) in [7, 11) is 0. The fourth-order valence-electron chi connectivity index (χ4n) is 2.91. The fourth-order valence-corrected chi connectivity index (χ4v) is 2.91. The average molecular weight is 262 g/mol. The molecule has 4 nitrogen and oxygen atoms in total. The number of nitrogens with zero attached hydrogens (tertiary/aromatic N) is 2. The molecular formula is C14H15FN2O2. The lowest BCUT2D eigenvalue weighted by Crippen LogP contribution is -2.11. The Hall–Kier alpha value is -1.91. The SMILES string of the molecule is O=C(O)c1c(C2CCCCC2)nc2ccc(F)cn12. The summed E-state index contributed by atoms with van der Waals surface area (Å²) >= 11 is 0. The van der Waals surface area contributed by atoms with Crippen molar-refractivity contribution in [1.82, 2.24) is 9.38 Å². The molecule has 0 bridgehead atoms. The quantitative estimate of drug-likeness (QED) is 0.904. The van der Waals surface area contributed by atoms with E-state index < -0.39 is 11.8 Å². The molecule has 1 aliphatic carbocycles. The summed E-state index contributed by atoms with van der Waals surface area (Å²) in [5.41, 5.74) is 1.22. The van der Waals surface area contributed by atoms with Gasteiger partial charge < -0.3 is 5.11 Å². The number of carboxylic acids is 1. The Kier molecular flexibility index (Phi) is 2.97. The second-order valence-electron chi connectivity index (χ2n) is 5.06. The number of hydrogen-bond acceptors (Lipinski definition) is 2. The molecule has 2 aromatic rings. The predicted octanol–water partition coefficient (Wildman–Crippen LogP) is 3.22. The topological polar surface area (TPSA) is 54.6 Å². The van der Waals surface area contributed by atoms with Crippen LogP contribution >= 0.6 is 0 Å². The van der Waals surface area contributed by atoms with E-state index in [9.17, 15) is 14.3 Å². The van der Waals surface area contributed by atoms with Gasteiger partial charge in [-0.15, -0.1) is 0 Å². The third kappa shape index (κ3) is 2.09. The number of pyridine rings is 1. The summed E-state index contributed by atoms with van der Waals surface area (Å²) in [5.74, 6) is -1.32. The molecule has 5 heteroatoms. The van der Waals surface area contributed by atoms with Gasteiger partial charge in [-0.05, 0) is 25.0 Å². The van der Waals surface area contributed by atoms with Crippen LogP contribution in [0.3, 0.4) is 0 Å². The first-order chi connectivity index (χ1) is 9.16. The van der Waals surface area contributed by atoms with E-state index in [1.807, 2.05) is 0 Å². The summed E-state index contributed by atoms with van der Waals surface area (Å²) in [6.07, 6.45) is 6.52. The number of aromatic carboxylic acids is 1. The number of rotatable bonds is 2. The van der Waals surface area contributed by atoms with Crippen LogP contribution in [0, 0.1) is 5.82 Å². The fraction of sp³-hybridized carbons (Fsp3) is 0.429. The molecule has 0 unspecified atom stereocenters. The zero-order valence-electron chi connectivity index (χ0n) is 10.5. The van der Waals surface area contributed by atoms with Gasteiger partial charge in [-0.3, -0.25) is 4.40 Å². The van der Waals surface area contributed by atoms with Crippen LogP contribution in [0.5, 0.6) is 0 Å². The minimum absolute atomic E-state index is 0.112. The Morgan fingerprint density at radius 2 is 2.05 bits per heavy atom. The Morgan fingerprint density at radius 1 is 1.32 bits per heavy atom. The van der Waals surface area contributed by atoms with E-state index in [2.05, 4.69) is 4.98 Å². The van der Waals surface area contributed by atoms with Crippen molar-refractivity contribution in [3.05, 3.63) is 35.5 Å². The molecule has 1 saturated carbocycles. The zero-order valence-corrected chi connectivity index (χ0v) is 10.5. The molecule has 0 spiro atoms. The third-order valence-corrected chi connectivity index (χ3v) is 3.80. The van der Waals surface area contributed by atoms with Crippen LogP contribution in [0.25, 0.3) is 5.65 Å². The monoisotopic (exact) mass is 262 g/mol. The summed E-state index contributed by atoms with van der Waals surface area (Å²) in [6.45, 7) is 0. The van der Waals surface area contributed by atoms with Gasteiger partial charge in [-0.2, -0.15) is 0 Å². The van der Waals surface area contributed by atoms with E-state index >= 15 is 0 Å². The Bertz CT molecular complexity index is 630. The highest BCUT2D eigenvalue weighted by molar-refractivity contribution is 5.88. The van der Waals surface area contributed by atoms with E-state index in [4.69, 9.17) is 0 Å². The minimum atomic E-state index is -1.04. The maximum atomic E-state index is 13.3. The predicted molar refractivity (Wildman–Crippen MR) is 67.9 cm³/mol. The molecule has 2 heterocycles. The summed E-state index contributed by atoms with van der Waals surface area (Å²) < 4.78 is 14.6. The standard InChI is InChI=1S/C14H15FN2O2/c15-10-6-7-11-16-12(9-4-2-1-3-5-9)13(14(18)19)17(11)8-10/h6-9H,1-5H2,(H,18,19). The molecule has 19 heavy (non-hydrogen) atoms. The molecule has 0 saturated heterocycles. The number of fused-ring (bicyclic) bond motifs is 1. The Balaban J connectivity index is 2.17. The highest BCUT2D eigenvalue weighted by atomic mass is 19.1. The lowest BCUT2D eigenvalue weighted by atomic mass is 9.86. The van der Waals surface area contributed by atoms with Gasteiger partial charge in [0.2, 0.25) is 0 Å². The largest absolute Gasteiger partial charge is 0.477 e. The van der Waals surface area contributed by atoms with Crippen LogP contribution in [0.15, 0.2) is 18.3 Å². The molecule has 2 aromatic heterocycles. The molecule has 0 aliphatic heterocycles. The normalized spacial score (nSPS) is 16.9. The number of imidazole rings is 1. The molecule has 1 aliphatic rings. The zero-order chi connectivity index (χ0) is 13.4. The van der Waals surface area contributed by atoms with Gasteiger partial charge in [0, 0.05) is 12.1 Å². The number of hydrogen-bond donors (Lipinski definition) is 1. The molecule has 0 radical (unpaired) electrons. The molecule has 0 aromatic carbocycles. The first kappa shape index (κ1) is 12.1. The molecule has 1 N–H and O–H groups in total. The molecule has 0 amide bonds. The van der Waals surface area contributed by atoms with Crippen molar-refractivity contribution in [1.29, 1.82) is 0 Å². The number of aromatic nitrogens is 2. The third-order valence-electron chi connectivity index (χ3n) is 3.80. The van der Waals surface area contributed by atoms with E-state index in [1.54, 1.807) is 0 Å². The van der Waals surface area contributed by atoms with Crippen molar-refractivity contribution in [2.75, 3.05) is 0 Å². The van der Waals surface area contributed by atoms with Gasteiger partial charge in [0.25, 0.3) is 0 Å². The smallest absolute Gasteiger partial charge is 0.354 e. The van der Waals surface area contributed by atoms with Crippen molar-refractivity contribution in [3.8, 4) is 0 Å². The molecule has 0 atom stereocenters. The van der Waals surface area contributed by atoms with Gasteiger partial charge in [0.05, 0.1) is 5.69 Å². The van der Waals surface area contributed by atoms with Crippen LogP contribution in [0.4, 0.5) is 4.39 Å². The second-order valence-corrected chi connectivity index (χ2v) is 5.06. The van der Waals surface area contributed by atoms with Crippen LogP contribution < -0.4 is 0 Å². The van der Waals surface area contributed by atoms with E-state index in [-0.39, 0.29) is 11.6 Å². The van der Waals surface area contributed by atoms with Crippen molar-refractivity contribution < 1.29 is 14.3 Å². The van der Waals surface area contributed by atoms with Crippen molar-refractivity contribution in [2.45, 2.75) is 38.0 Å². The van der Waals surface area contributed by atoms with Crippen LogP contribution in [-0.2, 0) is 0 Å². The first-order valence-corrected chi connectivity index (χ1v) is 6.57. The lowest BCUT2D eigenvalue weighted by molar-refractivity contribution is 0.0687. The van der Waals surface area contributed by atoms with Gasteiger partial charge in [0.1, 0.15) is 11.5 Å². The van der Waals surface area contributed by atoms with Gasteiger partial charge in [-0.25, -0.2) is 14.2 Å². The molecule has 100 valence electrons. The first-order valence-electron chi connectivity index (χ1n) is 6.57. The van der Waals surface area contributed by atoms with Crippen molar-refractivity contribution in [3.63, 3.8) is 0 Å².